The number of aliphatic hydroxyl groups is 3. The monoisotopic (exact) mass is 370 g/mol. The highest BCUT2D eigenvalue weighted by atomic mass is 127. The highest BCUT2D eigenvalue weighted by Gasteiger charge is 2.54. The first-order valence-electron chi connectivity index (χ1n) is 5.05. The van der Waals surface area contributed by atoms with Crippen LogP contribution < -0.4 is 11.2 Å². The molecule has 1 fully saturated rings. The topological polar surface area (TPSA) is 125 Å². The summed E-state index contributed by atoms with van der Waals surface area (Å²) < 4.78 is 4.39. The Morgan fingerprint density at radius 3 is 2.72 bits per heavy atom. The summed E-state index contributed by atoms with van der Waals surface area (Å²) in [5.41, 5.74) is -1.35. The molecule has 1 aromatic heterocycles. The summed E-state index contributed by atoms with van der Waals surface area (Å²) in [5.74, 6) is 0. The van der Waals surface area contributed by atoms with Gasteiger partial charge in [-0.25, -0.2) is 4.79 Å². The van der Waals surface area contributed by atoms with Crippen LogP contribution in [0.4, 0.5) is 0 Å². The Morgan fingerprint density at radius 2 is 2.22 bits per heavy atom. The maximum atomic E-state index is 11.6. The Kier molecular flexibility index (Phi) is 3.60. The Hall–Kier alpha value is -0.750. The lowest BCUT2D eigenvalue weighted by Crippen LogP contribution is -2.44. The Balaban J connectivity index is 2.45. The molecule has 0 aromatic carbocycles. The number of nitrogens with zero attached hydrogens (tertiary/aromatic N) is 1. The second-order valence-electron chi connectivity index (χ2n) is 3.90. The summed E-state index contributed by atoms with van der Waals surface area (Å²) in [6.07, 6.45) is -2.40. The van der Waals surface area contributed by atoms with Gasteiger partial charge in [-0.2, -0.15) is 0 Å². The van der Waals surface area contributed by atoms with E-state index in [9.17, 15) is 19.8 Å². The first-order valence-corrected chi connectivity index (χ1v) is 6.13. The van der Waals surface area contributed by atoms with Crippen molar-refractivity contribution < 1.29 is 20.1 Å². The average Bonchev–Trinajstić information content (AvgIpc) is 2.52. The zero-order valence-electron chi connectivity index (χ0n) is 8.99. The fraction of sp³-hybridized carbons (Fsp3) is 0.556. The van der Waals surface area contributed by atoms with Crippen molar-refractivity contribution in [3.8, 4) is 0 Å². The summed E-state index contributed by atoms with van der Waals surface area (Å²) in [4.78, 5) is 24.5. The summed E-state index contributed by atoms with van der Waals surface area (Å²) in [6.45, 7) is -0.499. The molecule has 0 spiro atoms. The van der Waals surface area contributed by atoms with Crippen LogP contribution in [0.1, 0.15) is 6.23 Å². The van der Waals surface area contributed by atoms with Crippen molar-refractivity contribution in [3.05, 3.63) is 33.1 Å². The van der Waals surface area contributed by atoms with E-state index in [-0.39, 0.29) is 0 Å². The van der Waals surface area contributed by atoms with Gasteiger partial charge < -0.3 is 20.1 Å². The summed E-state index contributed by atoms with van der Waals surface area (Å²) >= 11 is 1.54. The van der Waals surface area contributed by atoms with Crippen LogP contribution in [-0.2, 0) is 4.74 Å². The van der Waals surface area contributed by atoms with Gasteiger partial charge in [0.1, 0.15) is 12.2 Å². The number of aromatic nitrogens is 2. The molecule has 1 aromatic rings. The third kappa shape index (κ3) is 2.12. The van der Waals surface area contributed by atoms with Crippen molar-refractivity contribution in [3.63, 3.8) is 0 Å². The van der Waals surface area contributed by atoms with Gasteiger partial charge in [0.2, 0.25) is 0 Å². The van der Waals surface area contributed by atoms with E-state index < -0.39 is 39.9 Å². The van der Waals surface area contributed by atoms with Gasteiger partial charge in [0.05, 0.1) is 6.61 Å². The molecule has 0 aliphatic carbocycles. The number of alkyl halides is 1. The van der Waals surface area contributed by atoms with Crippen molar-refractivity contribution in [2.24, 2.45) is 0 Å². The van der Waals surface area contributed by atoms with E-state index in [1.165, 1.54) is 22.6 Å². The summed E-state index contributed by atoms with van der Waals surface area (Å²) in [6, 6.07) is 1.09. The highest BCUT2D eigenvalue weighted by Crippen LogP contribution is 2.42. The van der Waals surface area contributed by atoms with E-state index in [0.29, 0.717) is 0 Å². The summed E-state index contributed by atoms with van der Waals surface area (Å²) in [7, 11) is 0. The quantitative estimate of drug-likeness (QED) is 0.350. The predicted octanol–water partition coefficient (Wildman–Crippen LogP) is -2.09. The molecule has 4 atom stereocenters. The van der Waals surface area contributed by atoms with Crippen LogP contribution in [0.5, 0.6) is 0 Å². The third-order valence-electron chi connectivity index (χ3n) is 2.70. The zero-order chi connectivity index (χ0) is 13.5. The van der Waals surface area contributed by atoms with E-state index in [4.69, 9.17) is 9.84 Å². The molecule has 9 heteroatoms. The molecule has 2 heterocycles. The van der Waals surface area contributed by atoms with Crippen molar-refractivity contribution in [2.75, 3.05) is 6.61 Å². The highest BCUT2D eigenvalue weighted by molar-refractivity contribution is 14.1. The molecule has 0 amide bonds. The molecule has 100 valence electrons. The fourth-order valence-electron chi connectivity index (χ4n) is 1.76. The Labute approximate surface area is 114 Å². The van der Waals surface area contributed by atoms with Crippen molar-refractivity contribution in [2.45, 2.75) is 22.0 Å². The molecule has 0 saturated carbocycles. The lowest BCUT2D eigenvalue weighted by atomic mass is 10.1. The average molecular weight is 370 g/mol. The molecule has 4 N–H and O–H groups in total. The molecule has 8 nitrogen and oxygen atoms in total. The number of nitrogens with one attached hydrogen (secondary N) is 1. The number of hydrogen-bond donors (Lipinski definition) is 4. The number of H-pyrrole nitrogens is 1. The zero-order valence-corrected chi connectivity index (χ0v) is 11.1. The van der Waals surface area contributed by atoms with E-state index in [1.807, 2.05) is 4.98 Å². The third-order valence-corrected chi connectivity index (χ3v) is 3.87. The van der Waals surface area contributed by atoms with Gasteiger partial charge in [0.15, 0.2) is 9.84 Å². The molecule has 0 unspecified atom stereocenters. The maximum absolute atomic E-state index is 11.6. The van der Waals surface area contributed by atoms with Crippen LogP contribution in [0, 0.1) is 0 Å². The first kappa shape index (κ1) is 13.7. The molecular weight excluding hydrogens is 359 g/mol. The number of halogens is 1. The van der Waals surface area contributed by atoms with Crippen LogP contribution >= 0.6 is 22.6 Å². The first-order chi connectivity index (χ1) is 8.37. The number of aliphatic hydroxyl groups excluding tert-OH is 2. The fourth-order valence-corrected chi connectivity index (χ4v) is 2.61. The predicted molar refractivity (Wildman–Crippen MR) is 67.3 cm³/mol. The Morgan fingerprint density at radius 1 is 1.56 bits per heavy atom. The number of hydrogen-bond acceptors (Lipinski definition) is 6. The normalized spacial score (nSPS) is 35.9. The van der Waals surface area contributed by atoms with E-state index in [2.05, 4.69) is 0 Å². The van der Waals surface area contributed by atoms with Crippen LogP contribution in [0.2, 0.25) is 0 Å². The smallest absolute Gasteiger partial charge is 0.330 e. The van der Waals surface area contributed by atoms with E-state index in [1.54, 1.807) is 0 Å². The van der Waals surface area contributed by atoms with Gasteiger partial charge in [0, 0.05) is 12.3 Å². The second-order valence-corrected chi connectivity index (χ2v) is 5.63. The standard InChI is InChI=1S/C9H11IN2O6/c10-9(17)6(15)4(3-13)18-7(9)12-2-1-5(14)11-8(12)16/h1-2,4,6-7,13,15,17H,3H2,(H,11,14,16)/t4-,6-,7-,9-/m1/s1. The minimum absolute atomic E-state index is 0.499. The van der Waals surface area contributed by atoms with Gasteiger partial charge in [-0.05, 0) is 22.6 Å². The lowest BCUT2D eigenvalue weighted by Gasteiger charge is -2.25. The molecule has 18 heavy (non-hydrogen) atoms. The second kappa shape index (κ2) is 4.74. The van der Waals surface area contributed by atoms with Crippen molar-refractivity contribution in [1.29, 1.82) is 0 Å². The molecule has 0 radical (unpaired) electrons. The molecule has 1 aliphatic heterocycles. The largest absolute Gasteiger partial charge is 0.394 e. The molecule has 1 saturated heterocycles. The van der Waals surface area contributed by atoms with Gasteiger partial charge >= 0.3 is 5.69 Å². The number of aromatic amines is 1. The SMILES string of the molecule is O=c1ccn([C@@H]2O[C@H](CO)[C@@H](O)[C@]2(O)I)c(=O)[nH]1. The molecule has 1 aliphatic rings. The maximum Gasteiger partial charge on any atom is 0.330 e. The summed E-state index contributed by atoms with van der Waals surface area (Å²) in [5, 5.41) is 28.9. The van der Waals surface area contributed by atoms with Crippen molar-refractivity contribution >= 4 is 22.6 Å². The van der Waals surface area contributed by atoms with E-state index >= 15 is 0 Å². The van der Waals surface area contributed by atoms with Gasteiger partial charge in [-0.15, -0.1) is 0 Å². The Bertz CT molecular complexity index is 552. The van der Waals surface area contributed by atoms with Crippen molar-refractivity contribution in [1.82, 2.24) is 9.55 Å². The van der Waals surface area contributed by atoms with Crippen LogP contribution in [-0.4, -0.2) is 47.3 Å². The minimum Gasteiger partial charge on any atom is -0.394 e. The van der Waals surface area contributed by atoms with Crippen LogP contribution in [0.25, 0.3) is 0 Å². The van der Waals surface area contributed by atoms with Crippen LogP contribution in [0.15, 0.2) is 21.9 Å². The number of ether oxygens (including phenoxy) is 1. The molecule has 2 rings (SSSR count). The molecular formula is C9H11IN2O6. The van der Waals surface area contributed by atoms with Gasteiger partial charge in [-0.1, -0.05) is 0 Å². The minimum atomic E-state index is -1.78. The lowest BCUT2D eigenvalue weighted by molar-refractivity contribution is -0.0583. The van der Waals surface area contributed by atoms with Gasteiger partial charge in [-0.3, -0.25) is 14.3 Å². The van der Waals surface area contributed by atoms with E-state index in [0.717, 1.165) is 16.8 Å². The molecule has 0 bridgehead atoms. The van der Waals surface area contributed by atoms with Crippen LogP contribution in [0.3, 0.4) is 0 Å². The number of rotatable bonds is 2. The van der Waals surface area contributed by atoms with Gasteiger partial charge in [0.25, 0.3) is 5.56 Å².